The fourth-order valence-corrected chi connectivity index (χ4v) is 10.8. The van der Waals surface area contributed by atoms with Crippen molar-refractivity contribution < 1.29 is 28.6 Å². The molecule has 0 radical (unpaired) electrons. The van der Waals surface area contributed by atoms with Gasteiger partial charge in [0, 0.05) is 19.3 Å². The summed E-state index contributed by atoms with van der Waals surface area (Å²) in [5, 5.41) is 0. The van der Waals surface area contributed by atoms with E-state index in [1.807, 2.05) is 0 Å². The third kappa shape index (κ3) is 66.3. The lowest BCUT2D eigenvalue weighted by Gasteiger charge is -2.18. The van der Waals surface area contributed by atoms with E-state index in [4.69, 9.17) is 14.2 Å². The van der Waals surface area contributed by atoms with E-state index in [1.165, 1.54) is 263 Å². The van der Waals surface area contributed by atoms with E-state index in [0.29, 0.717) is 19.3 Å². The zero-order valence-electron chi connectivity index (χ0n) is 53.4. The molecule has 0 aromatic rings. The maximum absolute atomic E-state index is 12.9. The second kappa shape index (κ2) is 68.1. The number of hydrogen-bond acceptors (Lipinski definition) is 6. The van der Waals surface area contributed by atoms with E-state index in [9.17, 15) is 14.4 Å². The average molecular weight is 1110 g/mol. The third-order valence-electron chi connectivity index (χ3n) is 16.1. The molecule has 0 aliphatic heterocycles. The van der Waals surface area contributed by atoms with Gasteiger partial charge >= 0.3 is 17.9 Å². The molecule has 6 heteroatoms. The van der Waals surface area contributed by atoms with Gasteiger partial charge in [-0.2, -0.15) is 0 Å². The molecule has 0 fully saturated rings. The van der Waals surface area contributed by atoms with Crippen LogP contribution in [0.25, 0.3) is 0 Å². The van der Waals surface area contributed by atoms with Crippen molar-refractivity contribution in [2.75, 3.05) is 13.2 Å². The minimum absolute atomic E-state index is 0.0760. The minimum Gasteiger partial charge on any atom is -0.462 e. The Kier molecular flexibility index (Phi) is 66.1. The fourth-order valence-electron chi connectivity index (χ4n) is 10.8. The van der Waals surface area contributed by atoms with Crippen LogP contribution in [-0.2, 0) is 28.6 Å². The first-order valence-electron chi connectivity index (χ1n) is 35.5. The summed E-state index contributed by atoms with van der Waals surface area (Å²) in [6, 6.07) is 0. The second-order valence-corrected chi connectivity index (χ2v) is 24.1. The van der Waals surface area contributed by atoms with E-state index >= 15 is 0 Å². The average Bonchev–Trinajstić information content (AvgIpc) is 3.45. The number of carbonyl (C=O) groups is 3. The molecule has 0 bridgehead atoms. The molecule has 0 amide bonds. The van der Waals surface area contributed by atoms with E-state index < -0.39 is 6.10 Å². The normalized spacial score (nSPS) is 12.2. The van der Waals surface area contributed by atoms with Gasteiger partial charge in [0.15, 0.2) is 6.10 Å². The molecule has 0 rings (SSSR count). The van der Waals surface area contributed by atoms with E-state index in [2.05, 4.69) is 57.2 Å². The molecule has 6 nitrogen and oxygen atoms in total. The molecule has 0 aliphatic rings. The van der Waals surface area contributed by atoms with Crippen molar-refractivity contribution in [3.05, 3.63) is 36.5 Å². The number of carbonyl (C=O) groups excluding carboxylic acids is 3. The van der Waals surface area contributed by atoms with Gasteiger partial charge in [-0.05, 0) is 70.6 Å². The molecule has 1 unspecified atom stereocenters. The summed E-state index contributed by atoms with van der Waals surface area (Å²) >= 11 is 0. The first-order chi connectivity index (χ1) is 39.0. The molecule has 0 aliphatic carbocycles. The van der Waals surface area contributed by atoms with Crippen LogP contribution in [0.4, 0.5) is 0 Å². The molecule has 0 heterocycles. The lowest BCUT2D eigenvalue weighted by atomic mass is 10.0. The Morgan fingerprint density at radius 1 is 0.253 bits per heavy atom. The first kappa shape index (κ1) is 76.6. The van der Waals surface area contributed by atoms with Gasteiger partial charge in [-0.1, -0.05) is 340 Å². The van der Waals surface area contributed by atoms with Crippen molar-refractivity contribution in [2.24, 2.45) is 0 Å². The van der Waals surface area contributed by atoms with E-state index in [-0.39, 0.29) is 31.1 Å². The van der Waals surface area contributed by atoms with Crippen LogP contribution in [0.15, 0.2) is 36.5 Å². The fraction of sp³-hybridized carbons (Fsp3) is 0.877. The largest absolute Gasteiger partial charge is 0.462 e. The van der Waals surface area contributed by atoms with Gasteiger partial charge in [0.05, 0.1) is 0 Å². The Labute approximate surface area is 493 Å². The Morgan fingerprint density at radius 2 is 0.481 bits per heavy atom. The Balaban J connectivity index is 4.07. The zero-order chi connectivity index (χ0) is 57.1. The molecule has 464 valence electrons. The SMILES string of the molecule is CCC/C=C\C/C=C\CCCCCCCC(=O)OCC(COC(=O)CCCCCCCCCCCCCCCCCCCCCCCCCCCCCCCCCCC)OC(=O)CCCCCCC/C=C\CCCCCCCC. The first-order valence-corrected chi connectivity index (χ1v) is 35.5. The van der Waals surface area contributed by atoms with Crippen molar-refractivity contribution in [2.45, 2.75) is 399 Å². The van der Waals surface area contributed by atoms with Crippen LogP contribution in [0.1, 0.15) is 393 Å². The topological polar surface area (TPSA) is 78.9 Å². The minimum atomic E-state index is -0.781. The molecule has 0 aromatic carbocycles. The van der Waals surface area contributed by atoms with Crippen molar-refractivity contribution in [3.8, 4) is 0 Å². The molecular formula is C73H136O6. The van der Waals surface area contributed by atoms with Crippen molar-refractivity contribution in [1.82, 2.24) is 0 Å². The van der Waals surface area contributed by atoms with Crippen molar-refractivity contribution in [1.29, 1.82) is 0 Å². The summed E-state index contributed by atoms with van der Waals surface area (Å²) in [5.74, 6) is -0.876. The van der Waals surface area contributed by atoms with Crippen molar-refractivity contribution in [3.63, 3.8) is 0 Å². The summed E-state index contributed by atoms with van der Waals surface area (Å²) in [5.41, 5.74) is 0. The van der Waals surface area contributed by atoms with Gasteiger partial charge in [0.1, 0.15) is 13.2 Å². The molecule has 0 saturated heterocycles. The van der Waals surface area contributed by atoms with Gasteiger partial charge in [0.2, 0.25) is 0 Å². The molecule has 0 spiro atoms. The molecule has 0 aromatic heterocycles. The Morgan fingerprint density at radius 3 is 0.759 bits per heavy atom. The summed E-state index contributed by atoms with van der Waals surface area (Å²) in [7, 11) is 0. The highest BCUT2D eigenvalue weighted by Gasteiger charge is 2.19. The Hall–Kier alpha value is -2.37. The highest BCUT2D eigenvalue weighted by atomic mass is 16.6. The van der Waals surface area contributed by atoms with Crippen LogP contribution in [0.2, 0.25) is 0 Å². The molecule has 0 saturated carbocycles. The van der Waals surface area contributed by atoms with Gasteiger partial charge in [-0.25, -0.2) is 0 Å². The predicted molar refractivity (Wildman–Crippen MR) is 344 cm³/mol. The molecule has 1 atom stereocenters. The highest BCUT2D eigenvalue weighted by Crippen LogP contribution is 2.19. The van der Waals surface area contributed by atoms with Crippen LogP contribution < -0.4 is 0 Å². The zero-order valence-corrected chi connectivity index (χ0v) is 53.4. The number of allylic oxidation sites excluding steroid dienone is 6. The second-order valence-electron chi connectivity index (χ2n) is 24.1. The standard InChI is InChI=1S/C73H136O6/c1-4-7-10-13-16-19-22-25-27-28-29-30-31-32-33-34-35-36-37-38-39-40-41-42-43-44-46-48-51-54-57-60-63-66-72(75)78-69-70(68-77-71(74)65-62-59-56-53-50-47-24-21-18-15-12-9-6-3)79-73(76)67-64-61-58-55-52-49-45-26-23-20-17-14-11-8-5-2/h12,15,21,24,26,45,70H,4-11,13-14,16-20,22-23,25,27-44,46-69H2,1-3H3/b15-12-,24-21-,45-26-. The van der Waals surface area contributed by atoms with Gasteiger partial charge < -0.3 is 14.2 Å². The summed E-state index contributed by atoms with van der Waals surface area (Å²) in [4.78, 5) is 38.3. The van der Waals surface area contributed by atoms with Crippen LogP contribution in [-0.4, -0.2) is 37.2 Å². The number of rotatable bonds is 66. The predicted octanol–water partition coefficient (Wildman–Crippen LogP) is 24.3. The lowest BCUT2D eigenvalue weighted by molar-refractivity contribution is -0.167. The van der Waals surface area contributed by atoms with Crippen LogP contribution in [0.5, 0.6) is 0 Å². The number of esters is 3. The van der Waals surface area contributed by atoms with E-state index in [1.54, 1.807) is 0 Å². The Bertz CT molecular complexity index is 1320. The quantitative estimate of drug-likeness (QED) is 0.0261. The number of unbranched alkanes of at least 4 members (excludes halogenated alkanes) is 49. The lowest BCUT2D eigenvalue weighted by Crippen LogP contribution is -2.30. The van der Waals surface area contributed by atoms with Crippen LogP contribution in [0.3, 0.4) is 0 Å². The van der Waals surface area contributed by atoms with Gasteiger partial charge in [-0.3, -0.25) is 14.4 Å². The summed E-state index contributed by atoms with van der Waals surface area (Å²) in [6.07, 6.45) is 84.9. The molecule has 79 heavy (non-hydrogen) atoms. The van der Waals surface area contributed by atoms with Gasteiger partial charge in [0.25, 0.3) is 0 Å². The third-order valence-corrected chi connectivity index (χ3v) is 16.1. The maximum Gasteiger partial charge on any atom is 0.306 e. The smallest absolute Gasteiger partial charge is 0.306 e. The monoisotopic (exact) mass is 1110 g/mol. The van der Waals surface area contributed by atoms with Crippen LogP contribution in [0, 0.1) is 0 Å². The highest BCUT2D eigenvalue weighted by molar-refractivity contribution is 5.71. The molecular weight excluding hydrogens is 973 g/mol. The number of hydrogen-bond donors (Lipinski definition) is 0. The summed E-state index contributed by atoms with van der Waals surface area (Å²) < 4.78 is 16.9. The van der Waals surface area contributed by atoms with Gasteiger partial charge in [-0.15, -0.1) is 0 Å². The number of ether oxygens (including phenoxy) is 3. The van der Waals surface area contributed by atoms with Crippen molar-refractivity contribution >= 4 is 17.9 Å². The maximum atomic E-state index is 12.9. The van der Waals surface area contributed by atoms with Crippen LogP contribution >= 0.6 is 0 Å². The summed E-state index contributed by atoms with van der Waals surface area (Å²) in [6.45, 7) is 6.61. The molecule has 0 N–H and O–H groups in total. The van der Waals surface area contributed by atoms with E-state index in [0.717, 1.165) is 89.9 Å².